The van der Waals surface area contributed by atoms with Crippen LogP contribution in [0, 0.1) is 5.92 Å². The summed E-state index contributed by atoms with van der Waals surface area (Å²) in [6.07, 6.45) is -18.7. The highest BCUT2D eigenvalue weighted by Crippen LogP contribution is 2.39. The van der Waals surface area contributed by atoms with E-state index in [9.17, 15) is 30.6 Å². The smallest absolute Gasteiger partial charge is 0.187 e. The third-order valence-corrected chi connectivity index (χ3v) is 17.6. The Morgan fingerprint density at radius 3 is 1.09 bits per heavy atom. The molecule has 0 aromatic heterocycles. The van der Waals surface area contributed by atoms with Crippen LogP contribution in [0.4, 0.5) is 0 Å². The average Bonchev–Trinajstić information content (AvgIpc) is 0.785. The first-order chi connectivity index (χ1) is 46.1. The van der Waals surface area contributed by atoms with Crippen molar-refractivity contribution in [2.75, 3.05) is 26.4 Å². The van der Waals surface area contributed by atoms with Crippen LogP contribution in [0.2, 0.25) is 0 Å². The van der Waals surface area contributed by atoms with Crippen LogP contribution >= 0.6 is 0 Å². The summed E-state index contributed by atoms with van der Waals surface area (Å²) in [6, 6.07) is 65.7. The molecule has 3 saturated heterocycles. The van der Waals surface area contributed by atoms with Gasteiger partial charge in [-0.05, 0) is 44.5 Å². The average molecular weight is 1290 g/mol. The van der Waals surface area contributed by atoms with Crippen molar-refractivity contribution in [2.45, 2.75) is 163 Å². The zero-order valence-corrected chi connectivity index (χ0v) is 52.6. The summed E-state index contributed by atoms with van der Waals surface area (Å²) in [7, 11) is 0. The van der Waals surface area contributed by atoms with E-state index in [1.54, 1.807) is 13.0 Å². The molecule has 500 valence electrons. The maximum Gasteiger partial charge on any atom is 0.187 e. The lowest BCUT2D eigenvalue weighted by molar-refractivity contribution is -0.390. The van der Waals surface area contributed by atoms with Crippen LogP contribution in [0.15, 0.2) is 224 Å². The molecule has 0 bridgehead atoms. The Balaban J connectivity index is 0.995. The molecule has 0 radical (unpaired) electrons. The van der Waals surface area contributed by atoms with Gasteiger partial charge in [-0.3, -0.25) is 0 Å². The zero-order valence-electron chi connectivity index (χ0n) is 52.6. The highest BCUT2D eigenvalue weighted by Gasteiger charge is 2.57. The van der Waals surface area contributed by atoms with Crippen molar-refractivity contribution in [1.29, 1.82) is 0 Å². The predicted molar refractivity (Wildman–Crippen MR) is 345 cm³/mol. The van der Waals surface area contributed by atoms with Crippen LogP contribution in [0.5, 0.6) is 0 Å². The number of hydrogen-bond donors (Lipinski definition) is 7. The molecule has 0 saturated carbocycles. The van der Waals surface area contributed by atoms with Crippen LogP contribution in [-0.2, 0) is 103 Å². The minimum atomic E-state index is -1.81. The second-order valence-electron chi connectivity index (χ2n) is 24.2. The molecule has 3 aliphatic heterocycles. The SMILES string of the molecule is CC1C(CO)=CC(N[C@@H]2C(CO)O[C@@H](OC3[C@H](OCc4ccccc4)C(OCc4ccccc4)[C@H](OC4C(COCc5ccccc5)OC(OCc5ccccc5)[C@H](OCc5ccccc5)C4OCc4ccccc4)O[C@@H]3COCc3ccccc3)[C@H](O)C2O)C(O)[C@H]1O. The van der Waals surface area contributed by atoms with Crippen molar-refractivity contribution in [3.63, 3.8) is 0 Å². The normalized spacial score (nSPS) is 30.4. The number of nitrogens with one attached hydrogen (secondary N) is 1. The highest BCUT2D eigenvalue weighted by atomic mass is 16.8. The largest absolute Gasteiger partial charge is 0.394 e. The van der Waals surface area contributed by atoms with E-state index < -0.39 is 123 Å². The molecule has 19 atom stereocenters. The van der Waals surface area contributed by atoms with E-state index in [0.29, 0.717) is 5.57 Å². The molecular formula is C75H87NO18. The summed E-state index contributed by atoms with van der Waals surface area (Å²) in [4.78, 5) is 0. The van der Waals surface area contributed by atoms with Gasteiger partial charge in [0.15, 0.2) is 18.9 Å². The lowest BCUT2D eigenvalue weighted by Gasteiger charge is -2.51. The van der Waals surface area contributed by atoms with Crippen molar-refractivity contribution in [3.8, 4) is 0 Å². The van der Waals surface area contributed by atoms with Gasteiger partial charge < -0.3 is 92.8 Å². The van der Waals surface area contributed by atoms with Crippen LogP contribution in [0.1, 0.15) is 45.9 Å². The van der Waals surface area contributed by atoms with Crippen molar-refractivity contribution < 1.29 is 87.5 Å². The fourth-order valence-electron chi connectivity index (χ4n) is 12.4. The molecule has 1 aliphatic carbocycles. The number of hydrogen-bond acceptors (Lipinski definition) is 19. The van der Waals surface area contributed by atoms with Crippen molar-refractivity contribution in [2.24, 2.45) is 5.92 Å². The number of benzene rings is 7. The van der Waals surface area contributed by atoms with Gasteiger partial charge in [0.1, 0.15) is 67.1 Å². The van der Waals surface area contributed by atoms with Gasteiger partial charge in [0, 0.05) is 5.92 Å². The number of aliphatic hydroxyl groups is 6. The molecule has 19 heteroatoms. The molecule has 7 aromatic carbocycles. The monoisotopic (exact) mass is 1290 g/mol. The number of aliphatic hydroxyl groups excluding tert-OH is 6. The lowest BCUT2D eigenvalue weighted by atomic mass is 9.81. The Kier molecular flexibility index (Phi) is 25.6. The molecular weight excluding hydrogens is 1200 g/mol. The van der Waals surface area contributed by atoms with Gasteiger partial charge in [-0.25, -0.2) is 0 Å². The lowest BCUT2D eigenvalue weighted by Crippen LogP contribution is -2.69. The Morgan fingerprint density at radius 1 is 0.351 bits per heavy atom. The molecule has 4 aliphatic rings. The molecule has 7 N–H and O–H groups in total. The summed E-state index contributed by atoms with van der Waals surface area (Å²) in [6.45, 7) is 1.28. The molecule has 0 amide bonds. The maximum absolute atomic E-state index is 12.3. The fraction of sp³-hybridized carbons (Fsp3) is 0.413. The first kappa shape index (κ1) is 68.9. The van der Waals surface area contributed by atoms with E-state index in [4.69, 9.17) is 56.8 Å². The van der Waals surface area contributed by atoms with Crippen LogP contribution in [0.3, 0.4) is 0 Å². The van der Waals surface area contributed by atoms with Crippen molar-refractivity contribution >= 4 is 0 Å². The molecule has 3 fully saturated rings. The number of rotatable bonds is 31. The van der Waals surface area contributed by atoms with E-state index in [1.165, 1.54) is 0 Å². The quantitative estimate of drug-likeness (QED) is 0.0212. The van der Waals surface area contributed by atoms with Gasteiger partial charge in [-0.1, -0.05) is 225 Å². The molecule has 0 spiro atoms. The molecule has 19 nitrogen and oxygen atoms in total. The topological polar surface area (TPSA) is 244 Å². The minimum Gasteiger partial charge on any atom is -0.394 e. The first-order valence-corrected chi connectivity index (χ1v) is 32.3. The van der Waals surface area contributed by atoms with Gasteiger partial charge >= 0.3 is 0 Å². The van der Waals surface area contributed by atoms with E-state index in [1.807, 2.05) is 212 Å². The van der Waals surface area contributed by atoms with E-state index >= 15 is 0 Å². The summed E-state index contributed by atoms with van der Waals surface area (Å²) in [5.41, 5.74) is 6.56. The van der Waals surface area contributed by atoms with Crippen LogP contribution < -0.4 is 5.32 Å². The van der Waals surface area contributed by atoms with E-state index in [-0.39, 0.29) is 66.1 Å². The fourth-order valence-corrected chi connectivity index (χ4v) is 12.4. The first-order valence-electron chi connectivity index (χ1n) is 32.3. The summed E-state index contributed by atoms with van der Waals surface area (Å²) in [5, 5.41) is 71.1. The highest BCUT2D eigenvalue weighted by molar-refractivity contribution is 5.22. The van der Waals surface area contributed by atoms with Gasteiger partial charge in [0.05, 0.1) is 97.0 Å². The van der Waals surface area contributed by atoms with Gasteiger partial charge in [-0.2, -0.15) is 0 Å². The molecule has 11 unspecified atom stereocenters. The number of ether oxygens (including phenoxy) is 12. The standard InChI is InChI=1S/C75H87NO18/c1-49-57(38-77)37-58(64(80)63(49)79)76-62-59(39-78)90-73(66(82)65(62)81)93-67-61(48-84-41-51-25-11-3-12-26-51)92-75(72(88-45-55-33-19-7-20-34-55)70(67)86-43-53-29-15-5-16-30-53)94-68-60(47-83-40-50-23-9-2-10-24-50)91-74(89-46-56-35-21-8-22-36-56)71(87-44-54-31-17-6-18-32-54)69(68)85-42-52-27-13-4-14-28-52/h2-37,49,58-82H,38-48H2,1H3/t49?,58?,59?,60?,61-,62-,63+,64?,65?,66-,67?,68?,69?,70+,71-,72?,73+,74?,75+/m1/s1. The molecule has 11 rings (SSSR count). The third kappa shape index (κ3) is 18.3. The minimum absolute atomic E-state index is 0.0154. The third-order valence-electron chi connectivity index (χ3n) is 17.6. The summed E-state index contributed by atoms with van der Waals surface area (Å²) >= 11 is 0. The second-order valence-corrected chi connectivity index (χ2v) is 24.2. The van der Waals surface area contributed by atoms with Crippen molar-refractivity contribution in [3.05, 3.63) is 263 Å². The Labute approximate surface area is 549 Å². The Hall–Kier alpha value is -6.48. The second kappa shape index (κ2) is 35.0. The zero-order chi connectivity index (χ0) is 65.0. The summed E-state index contributed by atoms with van der Waals surface area (Å²) < 4.78 is 84.2. The van der Waals surface area contributed by atoms with Gasteiger partial charge in [0.2, 0.25) is 0 Å². The van der Waals surface area contributed by atoms with Crippen molar-refractivity contribution in [1.82, 2.24) is 5.32 Å². The van der Waals surface area contributed by atoms with E-state index in [0.717, 1.165) is 38.9 Å². The molecule has 3 heterocycles. The Bertz CT molecular complexity index is 3290. The van der Waals surface area contributed by atoms with Gasteiger partial charge in [-0.15, -0.1) is 0 Å². The maximum atomic E-state index is 12.3. The Morgan fingerprint density at radius 2 is 0.691 bits per heavy atom. The van der Waals surface area contributed by atoms with Gasteiger partial charge in [0.25, 0.3) is 0 Å². The molecule has 94 heavy (non-hydrogen) atoms. The summed E-state index contributed by atoms with van der Waals surface area (Å²) in [5.74, 6) is -0.564. The predicted octanol–water partition coefficient (Wildman–Crippen LogP) is 7.25. The molecule has 7 aromatic rings. The van der Waals surface area contributed by atoms with Crippen LogP contribution in [0.25, 0.3) is 0 Å². The van der Waals surface area contributed by atoms with E-state index in [2.05, 4.69) is 5.32 Å². The van der Waals surface area contributed by atoms with Crippen LogP contribution in [-0.4, -0.2) is 167 Å².